The molecule has 168 valence electrons. The third-order valence-electron chi connectivity index (χ3n) is 4.46. The van der Waals surface area contributed by atoms with Crippen LogP contribution in [-0.2, 0) is 23.4 Å². The van der Waals surface area contributed by atoms with Crippen molar-refractivity contribution in [1.29, 1.82) is 0 Å². The molecule has 0 aromatic carbocycles. The number of hydrogen-bond donors (Lipinski definition) is 1. The molecule has 0 atom stereocenters. The Morgan fingerprint density at radius 3 is 2.16 bits per heavy atom. The van der Waals surface area contributed by atoms with Crippen molar-refractivity contribution in [2.75, 3.05) is 5.73 Å². The molecule has 2 N–H and O–H groups in total. The predicted octanol–water partition coefficient (Wildman–Crippen LogP) is 5.61. The van der Waals surface area contributed by atoms with Gasteiger partial charge in [-0.3, -0.25) is 4.98 Å². The van der Waals surface area contributed by atoms with Gasteiger partial charge < -0.3 is 5.73 Å². The third kappa shape index (κ3) is 4.12. The molecule has 3 heterocycles. The van der Waals surface area contributed by atoms with Crippen LogP contribution in [0.1, 0.15) is 50.5 Å². The lowest BCUT2D eigenvalue weighted by Crippen LogP contribution is -2.18. The minimum atomic E-state index is -5.08. The second-order valence-electron chi connectivity index (χ2n) is 7.39. The Labute approximate surface area is 183 Å². The second-order valence-corrected chi connectivity index (χ2v) is 8.74. The molecule has 0 spiro atoms. The average Bonchev–Trinajstić information content (AvgIpc) is 2.94. The summed E-state index contributed by atoms with van der Waals surface area (Å²) in [7, 11) is 0. The molecule has 0 aliphatic rings. The Bertz CT molecular complexity index is 1160. The van der Waals surface area contributed by atoms with Crippen molar-refractivity contribution in [2.24, 2.45) is 0 Å². The maximum absolute atomic E-state index is 13.7. The fourth-order valence-electron chi connectivity index (χ4n) is 3.18. The van der Waals surface area contributed by atoms with Crippen molar-refractivity contribution in [3.8, 4) is 5.69 Å². The summed E-state index contributed by atoms with van der Waals surface area (Å²) in [6, 6.07) is 0. The lowest BCUT2D eigenvalue weighted by molar-refractivity contribution is -0.140. The molecular weight excluding hydrogens is 466 g/mol. The van der Waals surface area contributed by atoms with Crippen LogP contribution in [0, 0.1) is 0 Å². The molecule has 0 radical (unpaired) electrons. The van der Waals surface area contributed by atoms with E-state index < -0.39 is 45.3 Å². The standard InChI is InChI=1S/C18H17Cl2F5N6/c1-5-7-10(8(19)6-27-11(7)16(2,3)20)31-13(26)9-12(18(23,24)25)28-15(17(4,21)22)29-14(9)30-31/h6H,5,26H2,1-4H3. The van der Waals surface area contributed by atoms with E-state index in [4.69, 9.17) is 28.9 Å². The highest BCUT2D eigenvalue weighted by molar-refractivity contribution is 6.32. The van der Waals surface area contributed by atoms with Crippen LogP contribution in [0.2, 0.25) is 5.02 Å². The molecule has 0 aliphatic carbocycles. The van der Waals surface area contributed by atoms with E-state index in [9.17, 15) is 22.0 Å². The zero-order chi connectivity index (χ0) is 23.5. The van der Waals surface area contributed by atoms with E-state index >= 15 is 0 Å². The van der Waals surface area contributed by atoms with Gasteiger partial charge in [-0.15, -0.1) is 16.7 Å². The van der Waals surface area contributed by atoms with Crippen molar-refractivity contribution >= 4 is 40.1 Å². The van der Waals surface area contributed by atoms with E-state index in [1.54, 1.807) is 20.8 Å². The topological polar surface area (TPSA) is 82.5 Å². The Kier molecular flexibility index (Phi) is 5.59. The van der Waals surface area contributed by atoms with Gasteiger partial charge in [-0.2, -0.15) is 22.0 Å². The fraction of sp³-hybridized carbons (Fsp3) is 0.444. The van der Waals surface area contributed by atoms with Gasteiger partial charge in [0.1, 0.15) is 5.82 Å². The Hall–Kier alpha value is -2.27. The summed E-state index contributed by atoms with van der Waals surface area (Å²) in [6.07, 6.45) is -3.48. The maximum Gasteiger partial charge on any atom is 0.434 e. The largest absolute Gasteiger partial charge is 0.434 e. The summed E-state index contributed by atoms with van der Waals surface area (Å²) in [5, 5.41) is 3.30. The first-order valence-electron chi connectivity index (χ1n) is 8.96. The van der Waals surface area contributed by atoms with Gasteiger partial charge in [-0.05, 0) is 20.3 Å². The van der Waals surface area contributed by atoms with E-state index in [2.05, 4.69) is 20.1 Å². The minimum Gasteiger partial charge on any atom is -0.383 e. The van der Waals surface area contributed by atoms with Crippen molar-refractivity contribution in [2.45, 2.75) is 51.1 Å². The van der Waals surface area contributed by atoms with Crippen LogP contribution >= 0.6 is 23.2 Å². The van der Waals surface area contributed by atoms with Gasteiger partial charge in [0.05, 0.1) is 26.7 Å². The third-order valence-corrected chi connectivity index (χ3v) is 4.92. The smallest absolute Gasteiger partial charge is 0.383 e. The number of hydrogen-bond acceptors (Lipinski definition) is 5. The summed E-state index contributed by atoms with van der Waals surface area (Å²) in [5.41, 5.74) is 4.78. The number of rotatable bonds is 4. The van der Waals surface area contributed by atoms with Crippen LogP contribution in [-0.4, -0.2) is 24.7 Å². The van der Waals surface area contributed by atoms with E-state index in [1.807, 2.05) is 0 Å². The van der Waals surface area contributed by atoms with Gasteiger partial charge in [-0.25, -0.2) is 14.6 Å². The van der Waals surface area contributed by atoms with Gasteiger partial charge in [0.25, 0.3) is 0 Å². The molecule has 13 heteroatoms. The second kappa shape index (κ2) is 7.40. The van der Waals surface area contributed by atoms with Crippen LogP contribution in [0.3, 0.4) is 0 Å². The zero-order valence-electron chi connectivity index (χ0n) is 16.7. The van der Waals surface area contributed by atoms with E-state index in [0.717, 1.165) is 4.68 Å². The monoisotopic (exact) mass is 482 g/mol. The van der Waals surface area contributed by atoms with E-state index in [0.29, 0.717) is 24.6 Å². The van der Waals surface area contributed by atoms with Crippen LogP contribution < -0.4 is 5.73 Å². The Morgan fingerprint density at radius 1 is 1.06 bits per heavy atom. The maximum atomic E-state index is 13.7. The average molecular weight is 483 g/mol. The van der Waals surface area contributed by atoms with Gasteiger partial charge in [0.15, 0.2) is 11.3 Å². The molecule has 0 saturated heterocycles. The number of pyridine rings is 1. The van der Waals surface area contributed by atoms with Gasteiger partial charge in [-0.1, -0.05) is 18.5 Å². The normalized spacial score (nSPS) is 13.3. The quantitative estimate of drug-likeness (QED) is 0.385. The Balaban J connectivity index is 2.45. The first-order valence-corrected chi connectivity index (χ1v) is 9.71. The van der Waals surface area contributed by atoms with Gasteiger partial charge in [0, 0.05) is 18.7 Å². The van der Waals surface area contributed by atoms with Crippen LogP contribution in [0.15, 0.2) is 6.20 Å². The van der Waals surface area contributed by atoms with Crippen LogP contribution in [0.4, 0.5) is 27.8 Å². The van der Waals surface area contributed by atoms with E-state index in [1.165, 1.54) is 6.20 Å². The first-order chi connectivity index (χ1) is 14.1. The van der Waals surface area contributed by atoms with Crippen LogP contribution in [0.25, 0.3) is 16.7 Å². The highest BCUT2D eigenvalue weighted by Gasteiger charge is 2.41. The van der Waals surface area contributed by atoms with Gasteiger partial charge in [0.2, 0.25) is 5.82 Å². The molecule has 0 saturated carbocycles. The molecule has 3 rings (SSSR count). The molecule has 3 aromatic rings. The SMILES string of the molecule is CCc1c(C(C)(C)Cl)ncc(Cl)c1-n1nc2nc(C(C)(F)F)nc(C(F)(F)F)c2c1N. The summed E-state index contributed by atoms with van der Waals surface area (Å²) in [5.74, 6) is -5.56. The summed E-state index contributed by atoms with van der Waals surface area (Å²) in [6.45, 7) is 5.51. The first kappa shape index (κ1) is 23.4. The summed E-state index contributed by atoms with van der Waals surface area (Å²) in [4.78, 5) is 9.87. The number of alkyl halides is 6. The Morgan fingerprint density at radius 2 is 1.68 bits per heavy atom. The number of fused-ring (bicyclic) bond motifs is 1. The number of halogens is 7. The van der Waals surface area contributed by atoms with Crippen molar-refractivity contribution < 1.29 is 22.0 Å². The minimum absolute atomic E-state index is 0.0311. The predicted molar refractivity (Wildman–Crippen MR) is 107 cm³/mol. The molecule has 0 unspecified atom stereocenters. The lowest BCUT2D eigenvalue weighted by atomic mass is 9.99. The molecular formula is C18H17Cl2F5N6. The molecule has 6 nitrogen and oxygen atoms in total. The molecule has 0 fully saturated rings. The molecule has 31 heavy (non-hydrogen) atoms. The number of anilines is 1. The zero-order valence-corrected chi connectivity index (χ0v) is 18.3. The van der Waals surface area contributed by atoms with Crippen molar-refractivity contribution in [1.82, 2.24) is 24.7 Å². The number of nitrogens with two attached hydrogens (primary N) is 1. The lowest BCUT2D eigenvalue weighted by Gasteiger charge is -2.22. The fourth-order valence-corrected chi connectivity index (χ4v) is 3.58. The molecule has 0 amide bonds. The highest BCUT2D eigenvalue weighted by Crippen LogP contribution is 2.41. The number of nitrogen functional groups attached to an aromatic ring is 1. The highest BCUT2D eigenvalue weighted by atomic mass is 35.5. The van der Waals surface area contributed by atoms with Gasteiger partial charge >= 0.3 is 12.1 Å². The summed E-state index contributed by atoms with van der Waals surface area (Å²) >= 11 is 12.7. The molecule has 0 bridgehead atoms. The van der Waals surface area contributed by atoms with Crippen molar-refractivity contribution in [3.05, 3.63) is 34.0 Å². The summed E-state index contributed by atoms with van der Waals surface area (Å²) < 4.78 is 69.3. The number of aromatic nitrogens is 5. The molecule has 0 aliphatic heterocycles. The van der Waals surface area contributed by atoms with Crippen molar-refractivity contribution in [3.63, 3.8) is 0 Å². The van der Waals surface area contributed by atoms with Crippen LogP contribution in [0.5, 0.6) is 0 Å². The van der Waals surface area contributed by atoms with E-state index in [-0.39, 0.29) is 10.7 Å². The molecule has 3 aromatic heterocycles. The number of nitrogens with zero attached hydrogens (tertiary/aromatic N) is 5.